The van der Waals surface area contributed by atoms with Crippen LogP contribution < -0.4 is 5.32 Å². The van der Waals surface area contributed by atoms with Crippen LogP contribution in [0.15, 0.2) is 30.3 Å². The van der Waals surface area contributed by atoms with Crippen molar-refractivity contribution in [1.82, 2.24) is 5.32 Å². The Morgan fingerprint density at radius 1 is 1.12 bits per heavy atom. The minimum absolute atomic E-state index is 0.650. The molecule has 0 radical (unpaired) electrons. The van der Waals surface area contributed by atoms with Crippen LogP contribution >= 0.6 is 0 Å². The molecule has 17 heavy (non-hydrogen) atoms. The van der Waals surface area contributed by atoms with Gasteiger partial charge in [-0.3, -0.25) is 0 Å². The van der Waals surface area contributed by atoms with Gasteiger partial charge in [-0.2, -0.15) is 0 Å². The Morgan fingerprint density at radius 2 is 1.76 bits per heavy atom. The van der Waals surface area contributed by atoms with E-state index in [1.807, 2.05) is 0 Å². The van der Waals surface area contributed by atoms with Crippen LogP contribution in [0, 0.1) is 5.92 Å². The lowest BCUT2D eigenvalue weighted by Crippen LogP contribution is -2.32. The Morgan fingerprint density at radius 3 is 2.35 bits per heavy atom. The second kappa shape index (κ2) is 6.20. The zero-order valence-corrected chi connectivity index (χ0v) is 11.2. The average molecular weight is 231 g/mol. The molecule has 0 aliphatic heterocycles. The Labute approximate surface area is 106 Å². The summed E-state index contributed by atoms with van der Waals surface area (Å²) in [6.07, 6.45) is 5.57. The van der Waals surface area contributed by atoms with Gasteiger partial charge in [-0.1, -0.05) is 57.0 Å². The van der Waals surface area contributed by atoms with Crippen molar-refractivity contribution in [2.75, 3.05) is 6.54 Å². The highest BCUT2D eigenvalue weighted by atomic mass is 14.9. The van der Waals surface area contributed by atoms with Gasteiger partial charge in [0.1, 0.15) is 0 Å². The van der Waals surface area contributed by atoms with Crippen molar-refractivity contribution in [1.29, 1.82) is 0 Å². The SMILES string of the molecule is CC(C)C(CNC1CCCC1)c1ccccc1. The van der Waals surface area contributed by atoms with E-state index in [9.17, 15) is 0 Å². The summed E-state index contributed by atoms with van der Waals surface area (Å²) in [5, 5.41) is 3.76. The third-order valence-electron chi connectivity index (χ3n) is 4.01. The highest BCUT2D eigenvalue weighted by Gasteiger charge is 2.19. The fourth-order valence-corrected chi connectivity index (χ4v) is 2.86. The van der Waals surface area contributed by atoms with Gasteiger partial charge in [-0.15, -0.1) is 0 Å². The fourth-order valence-electron chi connectivity index (χ4n) is 2.86. The van der Waals surface area contributed by atoms with Crippen LogP contribution in [0.3, 0.4) is 0 Å². The van der Waals surface area contributed by atoms with E-state index >= 15 is 0 Å². The summed E-state index contributed by atoms with van der Waals surface area (Å²) in [6, 6.07) is 11.7. The molecule has 1 nitrogen and oxygen atoms in total. The van der Waals surface area contributed by atoms with Gasteiger partial charge in [-0.05, 0) is 30.2 Å². The Hall–Kier alpha value is -0.820. The van der Waals surface area contributed by atoms with E-state index in [2.05, 4.69) is 49.5 Å². The lowest BCUT2D eigenvalue weighted by atomic mass is 9.88. The second-order valence-corrected chi connectivity index (χ2v) is 5.65. The second-order valence-electron chi connectivity index (χ2n) is 5.65. The average Bonchev–Trinajstić information content (AvgIpc) is 2.83. The van der Waals surface area contributed by atoms with Gasteiger partial charge >= 0.3 is 0 Å². The van der Waals surface area contributed by atoms with E-state index in [1.165, 1.54) is 31.2 Å². The predicted octanol–water partition coefficient (Wildman–Crippen LogP) is 3.96. The highest BCUT2D eigenvalue weighted by Crippen LogP contribution is 2.25. The molecule has 1 atom stereocenters. The fraction of sp³-hybridized carbons (Fsp3) is 0.625. The molecule has 0 saturated heterocycles. The predicted molar refractivity (Wildman–Crippen MR) is 74.3 cm³/mol. The molecule has 1 unspecified atom stereocenters. The first-order valence-corrected chi connectivity index (χ1v) is 7.05. The van der Waals surface area contributed by atoms with Crippen LogP contribution in [0.4, 0.5) is 0 Å². The van der Waals surface area contributed by atoms with Gasteiger partial charge in [0.15, 0.2) is 0 Å². The molecule has 0 heterocycles. The molecule has 1 aromatic carbocycles. The first-order chi connectivity index (χ1) is 8.27. The highest BCUT2D eigenvalue weighted by molar-refractivity contribution is 5.20. The molecule has 1 aliphatic carbocycles. The van der Waals surface area contributed by atoms with Crippen molar-refractivity contribution in [2.24, 2.45) is 5.92 Å². The molecule has 1 fully saturated rings. The number of benzene rings is 1. The molecule has 1 saturated carbocycles. The van der Waals surface area contributed by atoms with Crippen molar-refractivity contribution in [2.45, 2.75) is 51.5 Å². The van der Waals surface area contributed by atoms with Crippen LogP contribution in [0.5, 0.6) is 0 Å². The lowest BCUT2D eigenvalue weighted by molar-refractivity contribution is 0.423. The zero-order valence-electron chi connectivity index (χ0n) is 11.2. The van der Waals surface area contributed by atoms with Gasteiger partial charge in [-0.25, -0.2) is 0 Å². The van der Waals surface area contributed by atoms with Gasteiger partial charge in [0.2, 0.25) is 0 Å². The normalized spacial score (nSPS) is 18.8. The topological polar surface area (TPSA) is 12.0 Å². The van der Waals surface area contributed by atoms with Crippen LogP contribution in [0.2, 0.25) is 0 Å². The summed E-state index contributed by atoms with van der Waals surface area (Å²) in [7, 11) is 0. The maximum Gasteiger partial charge on any atom is 0.00673 e. The summed E-state index contributed by atoms with van der Waals surface area (Å²) in [6.45, 7) is 5.79. The standard InChI is InChI=1S/C16H25N/c1-13(2)16(14-8-4-3-5-9-14)12-17-15-10-6-7-11-15/h3-5,8-9,13,15-17H,6-7,10-12H2,1-2H3. The number of rotatable bonds is 5. The van der Waals surface area contributed by atoms with Gasteiger partial charge in [0.05, 0.1) is 0 Å². The molecule has 2 rings (SSSR count). The van der Waals surface area contributed by atoms with Crippen molar-refractivity contribution >= 4 is 0 Å². The molecular formula is C16H25N. The van der Waals surface area contributed by atoms with Crippen molar-refractivity contribution < 1.29 is 0 Å². The first kappa shape index (κ1) is 12.6. The van der Waals surface area contributed by atoms with Crippen LogP contribution in [-0.2, 0) is 0 Å². The Kier molecular flexibility index (Phi) is 4.61. The van der Waals surface area contributed by atoms with Gasteiger partial charge in [0, 0.05) is 12.6 Å². The van der Waals surface area contributed by atoms with Gasteiger partial charge in [0.25, 0.3) is 0 Å². The molecule has 0 spiro atoms. The summed E-state index contributed by atoms with van der Waals surface area (Å²) >= 11 is 0. The quantitative estimate of drug-likeness (QED) is 0.809. The smallest absolute Gasteiger partial charge is 0.00673 e. The molecule has 1 aromatic rings. The molecule has 1 aliphatic rings. The van der Waals surface area contributed by atoms with Crippen molar-refractivity contribution in [3.05, 3.63) is 35.9 Å². The maximum absolute atomic E-state index is 3.76. The van der Waals surface area contributed by atoms with Crippen LogP contribution in [0.25, 0.3) is 0 Å². The van der Waals surface area contributed by atoms with E-state index in [4.69, 9.17) is 0 Å². The van der Waals surface area contributed by atoms with E-state index < -0.39 is 0 Å². The molecule has 94 valence electrons. The van der Waals surface area contributed by atoms with Crippen LogP contribution in [0.1, 0.15) is 51.0 Å². The largest absolute Gasteiger partial charge is 0.313 e. The minimum Gasteiger partial charge on any atom is -0.313 e. The van der Waals surface area contributed by atoms with Gasteiger partial charge < -0.3 is 5.32 Å². The molecular weight excluding hydrogens is 206 g/mol. The Balaban J connectivity index is 1.93. The molecule has 0 bridgehead atoms. The van der Waals surface area contributed by atoms with Crippen LogP contribution in [-0.4, -0.2) is 12.6 Å². The molecule has 0 aromatic heterocycles. The molecule has 1 N–H and O–H groups in total. The zero-order chi connectivity index (χ0) is 12.1. The van der Waals surface area contributed by atoms with E-state index in [0.717, 1.165) is 12.6 Å². The monoisotopic (exact) mass is 231 g/mol. The lowest BCUT2D eigenvalue weighted by Gasteiger charge is -2.24. The minimum atomic E-state index is 0.650. The van der Waals surface area contributed by atoms with Crippen molar-refractivity contribution in [3.63, 3.8) is 0 Å². The number of hydrogen-bond acceptors (Lipinski definition) is 1. The van der Waals surface area contributed by atoms with E-state index in [0.29, 0.717) is 11.8 Å². The molecule has 0 amide bonds. The van der Waals surface area contributed by atoms with Crippen molar-refractivity contribution in [3.8, 4) is 0 Å². The third-order valence-corrected chi connectivity index (χ3v) is 4.01. The molecule has 1 heteroatoms. The van der Waals surface area contributed by atoms with E-state index in [-0.39, 0.29) is 0 Å². The number of hydrogen-bond donors (Lipinski definition) is 1. The summed E-state index contributed by atoms with van der Waals surface area (Å²) in [5.74, 6) is 1.35. The number of nitrogens with one attached hydrogen (secondary N) is 1. The third kappa shape index (κ3) is 3.57. The first-order valence-electron chi connectivity index (χ1n) is 7.05. The summed E-state index contributed by atoms with van der Waals surface area (Å²) < 4.78 is 0. The Bertz CT molecular complexity index is 312. The summed E-state index contributed by atoms with van der Waals surface area (Å²) in [5.41, 5.74) is 1.48. The maximum atomic E-state index is 3.76. The summed E-state index contributed by atoms with van der Waals surface area (Å²) in [4.78, 5) is 0. The van der Waals surface area contributed by atoms with E-state index in [1.54, 1.807) is 0 Å².